The van der Waals surface area contributed by atoms with E-state index >= 15 is 0 Å². The Bertz CT molecular complexity index is 601. The molecule has 0 radical (unpaired) electrons. The number of anilines is 1. The highest BCUT2D eigenvalue weighted by Crippen LogP contribution is 2.17. The van der Waals surface area contributed by atoms with Crippen molar-refractivity contribution in [1.82, 2.24) is 19.7 Å². The molecule has 2 aromatic heterocycles. The molecule has 0 saturated carbocycles. The van der Waals surface area contributed by atoms with Gasteiger partial charge in [-0.15, -0.1) is 0 Å². The van der Waals surface area contributed by atoms with Gasteiger partial charge in [-0.1, -0.05) is 12.1 Å². The van der Waals surface area contributed by atoms with Gasteiger partial charge in [-0.2, -0.15) is 4.98 Å². The van der Waals surface area contributed by atoms with E-state index in [-0.39, 0.29) is 11.5 Å². The van der Waals surface area contributed by atoms with Crippen LogP contribution in [0, 0.1) is 6.92 Å². The summed E-state index contributed by atoms with van der Waals surface area (Å²) in [6.07, 6.45) is 0.623. The molecule has 0 aliphatic heterocycles. The van der Waals surface area contributed by atoms with Crippen LogP contribution in [-0.2, 0) is 17.7 Å². The van der Waals surface area contributed by atoms with Gasteiger partial charge >= 0.3 is 5.97 Å². The average Bonchev–Trinajstić information content (AvgIpc) is 2.94. The SMILES string of the molecule is CCc1nc(C(=O)OC)c(N)n1Cc1noc(C)n1. The first-order valence-corrected chi connectivity index (χ1v) is 5.79. The van der Waals surface area contributed by atoms with Gasteiger partial charge in [0.15, 0.2) is 11.5 Å². The highest BCUT2D eigenvalue weighted by Gasteiger charge is 2.21. The minimum atomic E-state index is -0.560. The number of aromatic nitrogens is 4. The smallest absolute Gasteiger partial charge is 0.360 e. The van der Waals surface area contributed by atoms with Crippen LogP contribution in [0.4, 0.5) is 5.82 Å². The third-order valence-electron chi connectivity index (χ3n) is 2.65. The van der Waals surface area contributed by atoms with Crippen molar-refractivity contribution in [3.8, 4) is 0 Å². The van der Waals surface area contributed by atoms with Crippen molar-refractivity contribution in [2.45, 2.75) is 26.8 Å². The first-order chi connectivity index (χ1) is 9.06. The van der Waals surface area contributed by atoms with Gasteiger partial charge in [0, 0.05) is 13.3 Å². The summed E-state index contributed by atoms with van der Waals surface area (Å²) in [4.78, 5) is 19.8. The predicted molar refractivity (Wildman–Crippen MR) is 65.5 cm³/mol. The minimum Gasteiger partial charge on any atom is -0.464 e. The maximum Gasteiger partial charge on any atom is 0.360 e. The van der Waals surface area contributed by atoms with Gasteiger partial charge in [0.25, 0.3) is 0 Å². The molecule has 0 aliphatic carbocycles. The van der Waals surface area contributed by atoms with E-state index in [0.29, 0.717) is 30.5 Å². The van der Waals surface area contributed by atoms with Crippen LogP contribution < -0.4 is 5.73 Å². The van der Waals surface area contributed by atoms with Crippen LogP contribution in [0.1, 0.15) is 35.0 Å². The molecule has 0 aliphatic rings. The normalized spacial score (nSPS) is 10.7. The van der Waals surface area contributed by atoms with Gasteiger partial charge in [0.05, 0.1) is 13.7 Å². The molecule has 102 valence electrons. The van der Waals surface area contributed by atoms with E-state index in [9.17, 15) is 4.79 Å². The number of carbonyl (C=O) groups is 1. The van der Waals surface area contributed by atoms with Gasteiger partial charge in [0.2, 0.25) is 5.89 Å². The molecule has 8 nitrogen and oxygen atoms in total. The maximum absolute atomic E-state index is 11.5. The standard InChI is InChI=1S/C11H15N5O3/c1-4-8-14-9(11(17)18-3)10(12)16(8)5-7-13-6(2)19-15-7/h4-5,12H2,1-3H3. The summed E-state index contributed by atoms with van der Waals surface area (Å²) in [5.41, 5.74) is 6.04. The van der Waals surface area contributed by atoms with Crippen molar-refractivity contribution in [2.75, 3.05) is 12.8 Å². The van der Waals surface area contributed by atoms with Crippen molar-refractivity contribution in [2.24, 2.45) is 0 Å². The number of hydrogen-bond donors (Lipinski definition) is 1. The molecule has 2 heterocycles. The second kappa shape index (κ2) is 5.09. The fourth-order valence-corrected chi connectivity index (χ4v) is 1.75. The number of hydrogen-bond acceptors (Lipinski definition) is 7. The monoisotopic (exact) mass is 265 g/mol. The Morgan fingerprint density at radius 2 is 2.21 bits per heavy atom. The number of esters is 1. The molecular weight excluding hydrogens is 250 g/mol. The summed E-state index contributed by atoms with van der Waals surface area (Å²) in [6.45, 7) is 3.92. The molecular formula is C11H15N5O3. The van der Waals surface area contributed by atoms with Crippen LogP contribution in [0.3, 0.4) is 0 Å². The van der Waals surface area contributed by atoms with Gasteiger partial charge < -0.3 is 19.6 Å². The van der Waals surface area contributed by atoms with Gasteiger partial charge in [-0.25, -0.2) is 9.78 Å². The van der Waals surface area contributed by atoms with Crippen molar-refractivity contribution in [1.29, 1.82) is 0 Å². The molecule has 19 heavy (non-hydrogen) atoms. The van der Waals surface area contributed by atoms with Crippen molar-refractivity contribution in [3.63, 3.8) is 0 Å². The molecule has 0 unspecified atom stereocenters. The Labute approximate surface area is 109 Å². The number of carbonyl (C=O) groups excluding carboxylic acids is 1. The Morgan fingerprint density at radius 3 is 2.74 bits per heavy atom. The minimum absolute atomic E-state index is 0.111. The van der Waals surface area contributed by atoms with Crippen molar-refractivity contribution >= 4 is 11.8 Å². The second-order valence-electron chi connectivity index (χ2n) is 3.92. The molecule has 0 amide bonds. The molecule has 0 saturated heterocycles. The summed E-state index contributed by atoms with van der Waals surface area (Å²) < 4.78 is 11.2. The van der Waals surface area contributed by atoms with E-state index in [2.05, 4.69) is 19.9 Å². The van der Waals surface area contributed by atoms with Crippen LogP contribution in [0.25, 0.3) is 0 Å². The lowest BCUT2D eigenvalue weighted by Crippen LogP contribution is -2.11. The summed E-state index contributed by atoms with van der Waals surface area (Å²) in [5.74, 6) is 1.30. The highest BCUT2D eigenvalue weighted by molar-refractivity contribution is 5.92. The Balaban J connectivity index is 2.38. The van der Waals surface area contributed by atoms with E-state index in [1.54, 1.807) is 11.5 Å². The Morgan fingerprint density at radius 1 is 1.47 bits per heavy atom. The summed E-state index contributed by atoms with van der Waals surface area (Å²) in [5, 5.41) is 3.80. The van der Waals surface area contributed by atoms with E-state index < -0.39 is 5.97 Å². The predicted octanol–water partition coefficient (Wildman–Crippen LogP) is 0.554. The summed E-state index contributed by atoms with van der Waals surface area (Å²) in [6, 6.07) is 0. The van der Waals surface area contributed by atoms with Gasteiger partial charge in [-0.05, 0) is 0 Å². The van der Waals surface area contributed by atoms with Crippen LogP contribution in [0.15, 0.2) is 4.52 Å². The maximum atomic E-state index is 11.5. The first kappa shape index (κ1) is 13.1. The molecule has 0 aromatic carbocycles. The quantitative estimate of drug-likeness (QED) is 0.804. The zero-order valence-corrected chi connectivity index (χ0v) is 11.0. The Hall–Kier alpha value is -2.38. The fourth-order valence-electron chi connectivity index (χ4n) is 1.75. The number of imidazole rings is 1. The van der Waals surface area contributed by atoms with Crippen LogP contribution >= 0.6 is 0 Å². The van der Waals surface area contributed by atoms with E-state index in [1.165, 1.54) is 7.11 Å². The third kappa shape index (κ3) is 2.42. The average molecular weight is 265 g/mol. The number of ether oxygens (including phenoxy) is 1. The number of nitrogen functional groups attached to an aromatic ring is 1. The van der Waals surface area contributed by atoms with E-state index in [1.807, 2.05) is 6.92 Å². The third-order valence-corrected chi connectivity index (χ3v) is 2.65. The van der Waals surface area contributed by atoms with E-state index in [0.717, 1.165) is 0 Å². The van der Waals surface area contributed by atoms with Crippen molar-refractivity contribution in [3.05, 3.63) is 23.2 Å². The molecule has 8 heteroatoms. The highest BCUT2D eigenvalue weighted by atomic mass is 16.5. The number of nitrogens with zero attached hydrogens (tertiary/aromatic N) is 4. The zero-order chi connectivity index (χ0) is 14.0. The van der Waals surface area contributed by atoms with Gasteiger partial charge in [0.1, 0.15) is 11.6 Å². The molecule has 2 rings (SSSR count). The number of nitrogens with two attached hydrogens (primary N) is 1. The topological polar surface area (TPSA) is 109 Å². The van der Waals surface area contributed by atoms with Crippen LogP contribution in [0.2, 0.25) is 0 Å². The lowest BCUT2D eigenvalue weighted by Gasteiger charge is -2.05. The van der Waals surface area contributed by atoms with Crippen LogP contribution in [0.5, 0.6) is 0 Å². The fraction of sp³-hybridized carbons (Fsp3) is 0.455. The number of aryl methyl sites for hydroxylation is 2. The first-order valence-electron chi connectivity index (χ1n) is 5.79. The second-order valence-corrected chi connectivity index (χ2v) is 3.92. The number of rotatable bonds is 4. The lowest BCUT2D eigenvalue weighted by molar-refractivity contribution is 0.0595. The van der Waals surface area contributed by atoms with Crippen LogP contribution in [-0.4, -0.2) is 32.8 Å². The summed E-state index contributed by atoms with van der Waals surface area (Å²) in [7, 11) is 1.29. The Kier molecular flexibility index (Phi) is 3.50. The molecule has 0 atom stereocenters. The van der Waals surface area contributed by atoms with E-state index in [4.69, 9.17) is 10.3 Å². The number of methoxy groups -OCH3 is 1. The molecule has 0 spiro atoms. The largest absolute Gasteiger partial charge is 0.464 e. The molecule has 2 aromatic rings. The van der Waals surface area contributed by atoms with Gasteiger partial charge in [-0.3, -0.25) is 0 Å². The molecule has 0 fully saturated rings. The zero-order valence-electron chi connectivity index (χ0n) is 11.0. The molecule has 0 bridgehead atoms. The summed E-state index contributed by atoms with van der Waals surface area (Å²) >= 11 is 0. The molecule has 2 N–H and O–H groups in total. The van der Waals surface area contributed by atoms with Crippen molar-refractivity contribution < 1.29 is 14.1 Å². The lowest BCUT2D eigenvalue weighted by atomic mass is 10.4.